The van der Waals surface area contributed by atoms with Crippen LogP contribution in [0.5, 0.6) is 0 Å². The number of nitriles is 1. The Hall–Kier alpha value is -4.01. The Morgan fingerprint density at radius 2 is 2.00 bits per heavy atom. The van der Waals surface area contributed by atoms with Crippen LogP contribution in [0.3, 0.4) is 0 Å². The molecule has 1 aromatic carbocycles. The molecule has 0 bridgehead atoms. The first-order valence-electron chi connectivity index (χ1n) is 12.7. The maximum absolute atomic E-state index is 12.7. The van der Waals surface area contributed by atoms with Gasteiger partial charge in [-0.25, -0.2) is 14.3 Å². The van der Waals surface area contributed by atoms with E-state index in [0.717, 1.165) is 24.8 Å². The van der Waals surface area contributed by atoms with Gasteiger partial charge in [-0.3, -0.25) is 10.1 Å². The molecule has 0 aliphatic carbocycles. The fourth-order valence-corrected chi connectivity index (χ4v) is 4.54. The maximum atomic E-state index is 12.7. The summed E-state index contributed by atoms with van der Waals surface area (Å²) in [6.07, 6.45) is 0.379. The van der Waals surface area contributed by atoms with Gasteiger partial charge in [0.25, 0.3) is 0 Å². The van der Waals surface area contributed by atoms with Crippen molar-refractivity contribution in [1.82, 2.24) is 14.6 Å². The van der Waals surface area contributed by atoms with Crippen molar-refractivity contribution in [2.45, 2.75) is 69.9 Å². The number of nitrogens with one attached hydrogen (secondary N) is 1. The van der Waals surface area contributed by atoms with Gasteiger partial charge in [-0.2, -0.15) is 10.4 Å². The number of fused-ring (bicyclic) bond motifs is 1. The summed E-state index contributed by atoms with van der Waals surface area (Å²) in [6.45, 7) is 4.16. The number of carbonyl (C=O) groups excluding carboxylic acids is 2. The average Bonchev–Trinajstić information content (AvgIpc) is 3.47. The zero-order valence-electron chi connectivity index (χ0n) is 21.4. The monoisotopic (exact) mass is 521 g/mol. The smallest absolute Gasteiger partial charge is 0.412 e. The Morgan fingerprint density at radius 3 is 2.71 bits per heavy atom. The molecule has 1 aliphatic heterocycles. The van der Waals surface area contributed by atoms with Gasteiger partial charge in [0.15, 0.2) is 11.9 Å². The second-order valence-corrected chi connectivity index (χ2v) is 9.07. The highest BCUT2D eigenvalue weighted by atomic mass is 16.6. The number of amides is 1. The van der Waals surface area contributed by atoms with Crippen LogP contribution in [0.25, 0.3) is 5.52 Å². The lowest BCUT2D eigenvalue weighted by Gasteiger charge is -2.25. The van der Waals surface area contributed by atoms with E-state index in [1.807, 2.05) is 25.1 Å². The minimum atomic E-state index is -1.88. The van der Waals surface area contributed by atoms with Gasteiger partial charge in [-0.15, -0.1) is 0 Å². The molecule has 2 aromatic heterocycles. The first kappa shape index (κ1) is 27.0. The van der Waals surface area contributed by atoms with E-state index in [4.69, 9.17) is 14.2 Å². The average molecular weight is 522 g/mol. The molecule has 0 saturated carbocycles. The second-order valence-electron chi connectivity index (χ2n) is 9.07. The number of aromatic nitrogens is 3. The van der Waals surface area contributed by atoms with Crippen molar-refractivity contribution >= 4 is 23.4 Å². The lowest BCUT2D eigenvalue weighted by Crippen LogP contribution is -2.42. The summed E-state index contributed by atoms with van der Waals surface area (Å²) in [6, 6.07) is 14.3. The van der Waals surface area contributed by atoms with Gasteiger partial charge in [0, 0.05) is 0 Å². The van der Waals surface area contributed by atoms with Crippen LogP contribution in [0.1, 0.15) is 50.8 Å². The van der Waals surface area contributed by atoms with E-state index in [1.54, 1.807) is 24.3 Å². The number of carbonyl (C=O) groups is 2. The van der Waals surface area contributed by atoms with E-state index in [0.29, 0.717) is 11.9 Å². The normalized spacial score (nSPS) is 22.6. The summed E-state index contributed by atoms with van der Waals surface area (Å²) in [5, 5.41) is 28.4. The number of nitrogens with zero attached hydrogens (tertiary/aromatic N) is 4. The summed E-state index contributed by atoms with van der Waals surface area (Å²) in [4.78, 5) is 29.1. The lowest BCUT2D eigenvalue weighted by molar-refractivity contribution is -0.154. The predicted octanol–water partition coefficient (Wildman–Crippen LogP) is 3.51. The predicted molar refractivity (Wildman–Crippen MR) is 136 cm³/mol. The van der Waals surface area contributed by atoms with E-state index in [2.05, 4.69) is 28.4 Å². The number of ether oxygens (including phenoxy) is 3. The van der Waals surface area contributed by atoms with Crippen molar-refractivity contribution in [2.24, 2.45) is 0 Å². The molecule has 0 radical (unpaired) electrons. The topological polar surface area (TPSA) is 148 Å². The summed E-state index contributed by atoms with van der Waals surface area (Å²) in [5.41, 5.74) is -0.527. The number of anilines is 1. The van der Waals surface area contributed by atoms with Crippen molar-refractivity contribution in [3.8, 4) is 6.07 Å². The molecule has 11 nitrogen and oxygen atoms in total. The molecular weight excluding hydrogens is 490 g/mol. The number of hydrogen-bond donors (Lipinski definition) is 2. The first-order valence-corrected chi connectivity index (χ1v) is 12.7. The second kappa shape index (κ2) is 12.0. The Bertz CT molecular complexity index is 1310. The number of rotatable bonds is 10. The number of benzene rings is 1. The zero-order valence-corrected chi connectivity index (χ0v) is 21.4. The van der Waals surface area contributed by atoms with Crippen LogP contribution >= 0.6 is 0 Å². The third-order valence-corrected chi connectivity index (χ3v) is 6.49. The van der Waals surface area contributed by atoms with Crippen molar-refractivity contribution in [3.63, 3.8) is 0 Å². The van der Waals surface area contributed by atoms with Crippen LogP contribution in [0.15, 0.2) is 48.8 Å². The van der Waals surface area contributed by atoms with Gasteiger partial charge < -0.3 is 19.3 Å². The minimum absolute atomic E-state index is 0.0188. The molecule has 1 fully saturated rings. The molecule has 4 rings (SSSR count). The highest BCUT2D eigenvalue weighted by Crippen LogP contribution is 2.42. The van der Waals surface area contributed by atoms with Gasteiger partial charge in [0.1, 0.15) is 24.0 Å². The molecule has 3 heterocycles. The van der Waals surface area contributed by atoms with Crippen molar-refractivity contribution < 1.29 is 28.9 Å². The molecule has 38 heavy (non-hydrogen) atoms. The van der Waals surface area contributed by atoms with Crippen molar-refractivity contribution in [2.75, 3.05) is 11.9 Å². The van der Waals surface area contributed by atoms with Gasteiger partial charge >= 0.3 is 12.1 Å². The SMILES string of the molecule is CCCCCOC(=O)Nc1ncnn2c([C@]3(C#N)O[C@H](CC)[C@@H](OC(=O)Cc4ccccc4)[C@H]3O)ccc12. The van der Waals surface area contributed by atoms with Gasteiger partial charge in [-0.1, -0.05) is 57.0 Å². The molecule has 0 unspecified atom stereocenters. The quantitative estimate of drug-likeness (QED) is 0.302. The minimum Gasteiger partial charge on any atom is -0.456 e. The van der Waals surface area contributed by atoms with Crippen LogP contribution in [-0.2, 0) is 31.0 Å². The third kappa shape index (κ3) is 5.46. The first-order chi connectivity index (χ1) is 18.4. The number of aliphatic hydroxyl groups is 1. The standard InChI is InChI=1S/C27H31N5O6/c1-3-5-9-14-36-26(35)31-25-19-12-13-21(32(19)30-17-29-25)27(16-28)24(34)23(20(4-2)38-27)37-22(33)15-18-10-7-6-8-11-18/h6-8,10-13,17,20,23-24,34H,3-5,9,14-15H2,1-2H3,(H,29,30,31,35)/t20-,23-,24-,27+/m1/s1. The highest BCUT2D eigenvalue weighted by Gasteiger charge is 2.59. The number of esters is 1. The maximum Gasteiger partial charge on any atom is 0.412 e. The van der Waals surface area contributed by atoms with Crippen LogP contribution in [0.4, 0.5) is 10.6 Å². The van der Waals surface area contributed by atoms with E-state index >= 15 is 0 Å². The molecule has 1 aliphatic rings. The van der Waals surface area contributed by atoms with E-state index < -0.39 is 36.0 Å². The Kier molecular flexibility index (Phi) is 8.55. The number of hydrogen-bond acceptors (Lipinski definition) is 9. The molecule has 2 N–H and O–H groups in total. The number of aliphatic hydroxyl groups excluding tert-OH is 1. The lowest BCUT2D eigenvalue weighted by atomic mass is 9.92. The summed E-state index contributed by atoms with van der Waals surface area (Å²) < 4.78 is 18.3. The summed E-state index contributed by atoms with van der Waals surface area (Å²) in [7, 11) is 0. The third-order valence-electron chi connectivity index (χ3n) is 6.49. The van der Waals surface area contributed by atoms with Gasteiger partial charge in [-0.05, 0) is 30.5 Å². The van der Waals surface area contributed by atoms with Crippen LogP contribution in [0.2, 0.25) is 0 Å². The molecule has 11 heteroatoms. The molecule has 4 atom stereocenters. The van der Waals surface area contributed by atoms with Crippen molar-refractivity contribution in [3.05, 3.63) is 60.0 Å². The Morgan fingerprint density at radius 1 is 1.21 bits per heavy atom. The van der Waals surface area contributed by atoms with Crippen LogP contribution in [0, 0.1) is 11.3 Å². The molecule has 3 aromatic rings. The molecular formula is C27H31N5O6. The van der Waals surface area contributed by atoms with E-state index in [1.165, 1.54) is 10.8 Å². The summed E-state index contributed by atoms with van der Waals surface area (Å²) >= 11 is 0. The van der Waals surface area contributed by atoms with E-state index in [9.17, 15) is 20.0 Å². The number of unbranched alkanes of at least 4 members (excludes halogenated alkanes) is 2. The largest absolute Gasteiger partial charge is 0.456 e. The fraction of sp³-hybridized carbons (Fsp3) is 0.444. The molecule has 1 saturated heterocycles. The highest BCUT2D eigenvalue weighted by molar-refractivity contribution is 5.88. The summed E-state index contributed by atoms with van der Waals surface area (Å²) in [5.74, 6) is -0.368. The molecule has 1 amide bonds. The zero-order chi connectivity index (χ0) is 27.1. The van der Waals surface area contributed by atoms with Crippen LogP contribution in [-0.4, -0.2) is 56.7 Å². The van der Waals surface area contributed by atoms with E-state index in [-0.39, 0.29) is 24.5 Å². The molecule has 200 valence electrons. The van der Waals surface area contributed by atoms with Gasteiger partial charge in [0.2, 0.25) is 5.60 Å². The van der Waals surface area contributed by atoms with Crippen molar-refractivity contribution in [1.29, 1.82) is 5.26 Å². The van der Waals surface area contributed by atoms with Crippen LogP contribution < -0.4 is 5.32 Å². The van der Waals surface area contributed by atoms with Gasteiger partial charge in [0.05, 0.1) is 24.8 Å². The Balaban J connectivity index is 1.56. The fourth-order valence-electron chi connectivity index (χ4n) is 4.54. The Labute approximate surface area is 220 Å². The molecule has 0 spiro atoms.